The van der Waals surface area contributed by atoms with E-state index in [0.29, 0.717) is 27.8 Å². The molecular weight excluding hydrogens is 306 g/mol. The van der Waals surface area contributed by atoms with Gasteiger partial charge >= 0.3 is 0 Å². The number of nitrogens with zero attached hydrogens (tertiary/aromatic N) is 2. The van der Waals surface area contributed by atoms with Crippen molar-refractivity contribution in [1.29, 1.82) is 0 Å². The third kappa shape index (κ3) is 3.37. The lowest BCUT2D eigenvalue weighted by atomic mass is 10.1. The number of amides is 1. The Bertz CT molecular complexity index is 721. The molecule has 0 fully saturated rings. The molecule has 1 aromatic carbocycles. The van der Waals surface area contributed by atoms with Crippen molar-refractivity contribution in [1.82, 2.24) is 15.3 Å². The van der Waals surface area contributed by atoms with Gasteiger partial charge in [0, 0.05) is 18.2 Å². The van der Waals surface area contributed by atoms with Crippen LogP contribution in [0.25, 0.3) is 11.3 Å². The molecule has 5 N–H and O–H groups in total. The molecule has 0 radical (unpaired) electrons. The Hall–Kier alpha value is -2.54. The maximum absolute atomic E-state index is 11.2. The normalized spacial score (nSPS) is 10.3. The first-order chi connectivity index (χ1) is 10.4. The molecule has 1 heterocycles. The molecule has 0 spiro atoms. The molecule has 0 saturated heterocycles. The Kier molecular flexibility index (Phi) is 4.67. The van der Waals surface area contributed by atoms with Gasteiger partial charge in [0.25, 0.3) is 5.91 Å². The van der Waals surface area contributed by atoms with Crippen molar-refractivity contribution in [3.63, 3.8) is 0 Å². The number of nitrogens with one attached hydrogen (secondary N) is 1. The van der Waals surface area contributed by atoms with E-state index in [0.717, 1.165) is 5.56 Å². The molecule has 0 bridgehead atoms. The minimum Gasteiger partial charge on any atom is -0.482 e. The monoisotopic (exact) mass is 321 g/mol. The lowest BCUT2D eigenvalue weighted by Crippen LogP contribution is -2.24. The summed E-state index contributed by atoms with van der Waals surface area (Å²) in [7, 11) is 1.53. The molecule has 8 heteroatoms. The standard InChI is InChI=1S/C14H16ClN5O2/c1-7-12(19-14(17)20-13(7)16)8-3-4-10(9(15)5-8)22-6-11(21)18-2/h3-5H,6H2,1-2H3,(H,18,21)(H4,16,17,19,20). The van der Waals surface area contributed by atoms with Crippen molar-refractivity contribution in [2.45, 2.75) is 6.92 Å². The summed E-state index contributed by atoms with van der Waals surface area (Å²) < 4.78 is 5.33. The summed E-state index contributed by atoms with van der Waals surface area (Å²) in [6, 6.07) is 5.10. The number of halogens is 1. The van der Waals surface area contributed by atoms with Gasteiger partial charge in [0.05, 0.1) is 10.7 Å². The maximum atomic E-state index is 11.2. The fourth-order valence-electron chi connectivity index (χ4n) is 1.81. The zero-order valence-corrected chi connectivity index (χ0v) is 12.9. The Morgan fingerprint density at radius 2 is 2.09 bits per heavy atom. The fraction of sp³-hybridized carbons (Fsp3) is 0.214. The number of carbonyl (C=O) groups is 1. The minimum absolute atomic E-state index is 0.0918. The summed E-state index contributed by atoms with van der Waals surface area (Å²) in [4.78, 5) is 19.3. The zero-order valence-electron chi connectivity index (χ0n) is 12.2. The van der Waals surface area contributed by atoms with Gasteiger partial charge in [0.15, 0.2) is 6.61 Å². The number of anilines is 2. The lowest BCUT2D eigenvalue weighted by molar-refractivity contribution is -0.122. The van der Waals surface area contributed by atoms with Gasteiger partial charge in [-0.2, -0.15) is 4.98 Å². The SMILES string of the molecule is CNC(=O)COc1ccc(-c2nc(N)nc(N)c2C)cc1Cl. The summed E-state index contributed by atoms with van der Waals surface area (Å²) >= 11 is 6.18. The number of hydrogen-bond acceptors (Lipinski definition) is 6. The molecule has 2 rings (SSSR count). The largest absolute Gasteiger partial charge is 0.482 e. The summed E-state index contributed by atoms with van der Waals surface area (Å²) in [5.41, 5.74) is 13.5. The highest BCUT2D eigenvalue weighted by Gasteiger charge is 2.12. The van der Waals surface area contributed by atoms with Crippen LogP contribution in [0.4, 0.5) is 11.8 Å². The van der Waals surface area contributed by atoms with Crippen LogP contribution in [0.5, 0.6) is 5.75 Å². The maximum Gasteiger partial charge on any atom is 0.257 e. The predicted octanol–water partition coefficient (Wildman–Crippen LogP) is 1.39. The van der Waals surface area contributed by atoms with Crippen LogP contribution in [0.1, 0.15) is 5.56 Å². The van der Waals surface area contributed by atoms with Gasteiger partial charge in [-0.3, -0.25) is 4.79 Å². The van der Waals surface area contributed by atoms with E-state index in [4.69, 9.17) is 27.8 Å². The summed E-state index contributed by atoms with van der Waals surface area (Å²) in [5, 5.41) is 2.82. The predicted molar refractivity (Wildman–Crippen MR) is 85.6 cm³/mol. The Morgan fingerprint density at radius 3 is 2.73 bits per heavy atom. The van der Waals surface area contributed by atoms with E-state index in [1.54, 1.807) is 25.1 Å². The Morgan fingerprint density at radius 1 is 1.36 bits per heavy atom. The first kappa shape index (κ1) is 15.8. The highest BCUT2D eigenvalue weighted by atomic mass is 35.5. The molecule has 1 amide bonds. The van der Waals surface area contributed by atoms with Crippen LogP contribution in [-0.2, 0) is 4.79 Å². The quantitative estimate of drug-likeness (QED) is 0.783. The second kappa shape index (κ2) is 6.48. The zero-order chi connectivity index (χ0) is 16.3. The number of hydrogen-bond donors (Lipinski definition) is 3. The average molecular weight is 322 g/mol. The van der Waals surface area contributed by atoms with Gasteiger partial charge in [-0.1, -0.05) is 11.6 Å². The molecule has 116 valence electrons. The summed E-state index contributed by atoms with van der Waals surface area (Å²) in [6.07, 6.45) is 0. The van der Waals surface area contributed by atoms with Crippen molar-refractivity contribution in [3.8, 4) is 17.0 Å². The third-order valence-corrected chi connectivity index (χ3v) is 3.34. The van der Waals surface area contributed by atoms with Crippen LogP contribution in [0.15, 0.2) is 18.2 Å². The van der Waals surface area contributed by atoms with Crippen molar-refractivity contribution < 1.29 is 9.53 Å². The van der Waals surface area contributed by atoms with Gasteiger partial charge in [0.1, 0.15) is 11.6 Å². The van der Waals surface area contributed by atoms with E-state index in [9.17, 15) is 4.79 Å². The molecule has 7 nitrogen and oxygen atoms in total. The highest BCUT2D eigenvalue weighted by Crippen LogP contribution is 2.32. The molecule has 0 unspecified atom stereocenters. The molecule has 0 atom stereocenters. The minimum atomic E-state index is -0.243. The van der Waals surface area contributed by atoms with Gasteiger partial charge in [-0.05, 0) is 25.1 Å². The second-order valence-electron chi connectivity index (χ2n) is 4.55. The molecule has 0 aliphatic rings. The van der Waals surface area contributed by atoms with Gasteiger partial charge in [-0.25, -0.2) is 4.98 Å². The van der Waals surface area contributed by atoms with Crippen LogP contribution in [0, 0.1) is 6.92 Å². The summed E-state index contributed by atoms with van der Waals surface area (Å²) in [6.45, 7) is 1.69. The third-order valence-electron chi connectivity index (χ3n) is 3.04. The van der Waals surface area contributed by atoms with Crippen LogP contribution < -0.4 is 21.5 Å². The number of rotatable bonds is 4. The van der Waals surface area contributed by atoms with Crippen molar-refractivity contribution >= 4 is 29.3 Å². The Balaban J connectivity index is 2.32. The number of carbonyl (C=O) groups excluding carboxylic acids is 1. The van der Waals surface area contributed by atoms with E-state index in [2.05, 4.69) is 15.3 Å². The van der Waals surface area contributed by atoms with Crippen molar-refractivity contribution in [3.05, 3.63) is 28.8 Å². The second-order valence-corrected chi connectivity index (χ2v) is 4.95. The number of likely N-dealkylation sites (N-methyl/N-ethyl adjacent to an activating group) is 1. The van der Waals surface area contributed by atoms with Crippen LogP contribution >= 0.6 is 11.6 Å². The van der Waals surface area contributed by atoms with Crippen molar-refractivity contribution in [2.24, 2.45) is 0 Å². The summed E-state index contributed by atoms with van der Waals surface area (Å²) in [5.74, 6) is 0.571. The van der Waals surface area contributed by atoms with Gasteiger partial charge in [-0.15, -0.1) is 0 Å². The molecule has 0 saturated carbocycles. The van der Waals surface area contributed by atoms with E-state index in [-0.39, 0.29) is 18.5 Å². The van der Waals surface area contributed by atoms with E-state index in [1.165, 1.54) is 7.05 Å². The van der Waals surface area contributed by atoms with Gasteiger partial charge in [0.2, 0.25) is 5.95 Å². The number of aromatic nitrogens is 2. The number of ether oxygens (including phenoxy) is 1. The Labute approximate surface area is 132 Å². The molecule has 0 aliphatic heterocycles. The first-order valence-electron chi connectivity index (χ1n) is 6.45. The first-order valence-corrected chi connectivity index (χ1v) is 6.83. The molecule has 2 aromatic rings. The topological polar surface area (TPSA) is 116 Å². The van der Waals surface area contributed by atoms with Crippen LogP contribution in [0.2, 0.25) is 5.02 Å². The molecular formula is C14H16ClN5O2. The van der Waals surface area contributed by atoms with E-state index in [1.807, 2.05) is 0 Å². The van der Waals surface area contributed by atoms with E-state index >= 15 is 0 Å². The number of nitrogens with two attached hydrogens (primary N) is 2. The smallest absolute Gasteiger partial charge is 0.257 e. The number of nitrogen functional groups attached to an aromatic ring is 2. The highest BCUT2D eigenvalue weighted by molar-refractivity contribution is 6.32. The fourth-order valence-corrected chi connectivity index (χ4v) is 2.05. The van der Waals surface area contributed by atoms with Crippen LogP contribution in [-0.4, -0.2) is 29.5 Å². The lowest BCUT2D eigenvalue weighted by Gasteiger charge is -2.11. The molecule has 1 aromatic heterocycles. The number of benzene rings is 1. The van der Waals surface area contributed by atoms with E-state index < -0.39 is 0 Å². The van der Waals surface area contributed by atoms with Gasteiger partial charge < -0.3 is 21.5 Å². The van der Waals surface area contributed by atoms with Crippen molar-refractivity contribution in [2.75, 3.05) is 25.1 Å². The van der Waals surface area contributed by atoms with Crippen LogP contribution in [0.3, 0.4) is 0 Å². The average Bonchev–Trinajstić information content (AvgIpc) is 2.49. The molecule has 22 heavy (non-hydrogen) atoms. The molecule has 0 aliphatic carbocycles.